The van der Waals surface area contributed by atoms with Gasteiger partial charge in [0.1, 0.15) is 0 Å². The second-order valence-corrected chi connectivity index (χ2v) is 6.87. The van der Waals surface area contributed by atoms with E-state index in [1.165, 1.54) is 12.1 Å². The van der Waals surface area contributed by atoms with Crippen LogP contribution in [0.3, 0.4) is 0 Å². The molecule has 0 fully saturated rings. The Hall–Kier alpha value is -3.86. The lowest BCUT2D eigenvalue weighted by atomic mass is 10.1. The average molecular weight is 384 g/mol. The number of rotatable bonds is 4. The monoisotopic (exact) mass is 384 g/mol. The maximum absolute atomic E-state index is 13.2. The zero-order valence-corrected chi connectivity index (χ0v) is 15.8. The zero-order valence-electron chi connectivity index (χ0n) is 15.8. The molecule has 1 amide bonds. The molecule has 1 aliphatic rings. The summed E-state index contributed by atoms with van der Waals surface area (Å²) in [6, 6.07) is 21.5. The van der Waals surface area contributed by atoms with Crippen LogP contribution in [0.5, 0.6) is 5.75 Å². The van der Waals surface area contributed by atoms with Gasteiger partial charge >= 0.3 is 0 Å². The number of carboxylic acids is 1. The number of carboxylic acid groups (broad SMARTS) is 1. The van der Waals surface area contributed by atoms with Crippen molar-refractivity contribution in [2.75, 3.05) is 4.90 Å². The number of hydrogen-bond donors (Lipinski definition) is 0. The van der Waals surface area contributed by atoms with Gasteiger partial charge < -0.3 is 14.6 Å². The highest BCUT2D eigenvalue weighted by molar-refractivity contribution is 6.09. The molecular weight excluding hydrogens is 366 g/mol. The van der Waals surface area contributed by atoms with E-state index in [9.17, 15) is 14.7 Å². The highest BCUT2D eigenvalue weighted by Gasteiger charge is 2.30. The highest BCUT2D eigenvalue weighted by atomic mass is 16.5. The summed E-state index contributed by atoms with van der Waals surface area (Å²) in [4.78, 5) is 25.8. The van der Waals surface area contributed by atoms with E-state index in [2.05, 4.69) is 0 Å². The van der Waals surface area contributed by atoms with Crippen molar-refractivity contribution in [3.05, 3.63) is 101 Å². The molecule has 0 N–H and O–H groups in total. The number of amides is 1. The van der Waals surface area contributed by atoms with E-state index in [0.717, 1.165) is 11.1 Å². The number of aryl methyl sites for hydroxylation is 1. The van der Waals surface area contributed by atoms with Crippen LogP contribution in [0, 0.1) is 6.92 Å². The number of fused-ring (bicyclic) bond motifs is 1. The lowest BCUT2D eigenvalue weighted by molar-refractivity contribution is -0.255. The van der Waals surface area contributed by atoms with Crippen molar-refractivity contribution < 1.29 is 19.4 Å². The van der Waals surface area contributed by atoms with E-state index in [4.69, 9.17) is 4.74 Å². The minimum absolute atomic E-state index is 0.0782. The van der Waals surface area contributed by atoms with Gasteiger partial charge in [0.05, 0.1) is 18.2 Å². The first-order valence-electron chi connectivity index (χ1n) is 9.19. The predicted octanol–water partition coefficient (Wildman–Crippen LogP) is 3.33. The third-order valence-electron chi connectivity index (χ3n) is 4.70. The van der Waals surface area contributed by atoms with E-state index in [1.807, 2.05) is 55.5 Å². The summed E-state index contributed by atoms with van der Waals surface area (Å²) >= 11 is 0. The number of para-hydroxylation sites is 2. The molecule has 29 heavy (non-hydrogen) atoms. The first-order valence-corrected chi connectivity index (χ1v) is 9.19. The molecule has 4 rings (SSSR count). The number of anilines is 1. The Morgan fingerprint density at radius 1 is 1.03 bits per heavy atom. The van der Waals surface area contributed by atoms with Crippen molar-refractivity contribution in [1.82, 2.24) is 0 Å². The summed E-state index contributed by atoms with van der Waals surface area (Å²) in [5, 5.41) is 10.9. The Bertz CT molecular complexity index is 1120. The van der Waals surface area contributed by atoms with Crippen molar-refractivity contribution in [2.24, 2.45) is 0 Å². The zero-order chi connectivity index (χ0) is 20.4. The summed E-state index contributed by atoms with van der Waals surface area (Å²) in [7, 11) is 0. The van der Waals surface area contributed by atoms with Crippen LogP contribution in [0.15, 0.2) is 78.6 Å². The van der Waals surface area contributed by atoms with Gasteiger partial charge in [-0.1, -0.05) is 66.2 Å². The molecule has 0 saturated carbocycles. The first kappa shape index (κ1) is 18.5. The second kappa shape index (κ2) is 7.64. The molecule has 1 aliphatic heterocycles. The SMILES string of the molecule is Cc1cccc(CN2C(=O)C(=Cc3ccc(C(=O)[O-])cc3)Oc3ccccc32)c1. The number of aromatic carboxylic acids is 1. The van der Waals surface area contributed by atoms with Crippen LogP contribution in [0.2, 0.25) is 0 Å². The van der Waals surface area contributed by atoms with E-state index in [1.54, 1.807) is 23.1 Å². The molecule has 0 atom stereocenters. The van der Waals surface area contributed by atoms with Crippen molar-refractivity contribution in [3.8, 4) is 5.75 Å². The number of hydrogen-bond acceptors (Lipinski definition) is 4. The molecule has 0 spiro atoms. The van der Waals surface area contributed by atoms with Crippen molar-refractivity contribution in [1.29, 1.82) is 0 Å². The van der Waals surface area contributed by atoms with Crippen LogP contribution < -0.4 is 14.7 Å². The average Bonchev–Trinajstić information content (AvgIpc) is 2.71. The fourth-order valence-electron chi connectivity index (χ4n) is 3.28. The minimum Gasteiger partial charge on any atom is -0.545 e. The molecule has 0 unspecified atom stereocenters. The largest absolute Gasteiger partial charge is 0.545 e. The Morgan fingerprint density at radius 2 is 1.79 bits per heavy atom. The topological polar surface area (TPSA) is 69.7 Å². The Balaban J connectivity index is 1.70. The van der Waals surface area contributed by atoms with Crippen LogP contribution in [0.4, 0.5) is 5.69 Å². The summed E-state index contributed by atoms with van der Waals surface area (Å²) in [6.07, 6.45) is 1.61. The third-order valence-corrected chi connectivity index (χ3v) is 4.70. The van der Waals surface area contributed by atoms with Crippen LogP contribution >= 0.6 is 0 Å². The molecule has 0 bridgehead atoms. The molecule has 3 aromatic rings. The maximum Gasteiger partial charge on any atom is 0.294 e. The molecule has 0 aromatic heterocycles. The van der Waals surface area contributed by atoms with Crippen molar-refractivity contribution >= 4 is 23.6 Å². The van der Waals surface area contributed by atoms with Gasteiger partial charge in [-0.15, -0.1) is 0 Å². The van der Waals surface area contributed by atoms with Gasteiger partial charge in [0, 0.05) is 0 Å². The van der Waals surface area contributed by atoms with Gasteiger partial charge in [-0.3, -0.25) is 9.69 Å². The number of carbonyl (C=O) groups excluding carboxylic acids is 2. The molecule has 3 aromatic carbocycles. The van der Waals surface area contributed by atoms with Crippen LogP contribution in [0.25, 0.3) is 6.08 Å². The predicted molar refractivity (Wildman–Crippen MR) is 108 cm³/mol. The minimum atomic E-state index is -1.24. The Labute approximate surface area is 168 Å². The quantitative estimate of drug-likeness (QED) is 0.647. The van der Waals surface area contributed by atoms with E-state index >= 15 is 0 Å². The molecule has 1 heterocycles. The normalized spacial score (nSPS) is 14.4. The van der Waals surface area contributed by atoms with Gasteiger partial charge in [0.25, 0.3) is 5.91 Å². The lowest BCUT2D eigenvalue weighted by Gasteiger charge is -2.30. The number of carbonyl (C=O) groups is 2. The molecule has 144 valence electrons. The van der Waals surface area contributed by atoms with Gasteiger partial charge in [0.15, 0.2) is 11.5 Å². The first-order chi connectivity index (χ1) is 14.0. The van der Waals surface area contributed by atoms with Gasteiger partial charge in [-0.25, -0.2) is 0 Å². The van der Waals surface area contributed by atoms with Crippen molar-refractivity contribution in [3.63, 3.8) is 0 Å². The maximum atomic E-state index is 13.2. The van der Waals surface area contributed by atoms with E-state index in [-0.39, 0.29) is 17.2 Å². The van der Waals surface area contributed by atoms with E-state index in [0.29, 0.717) is 23.5 Å². The molecular formula is C24H18NO4-. The van der Waals surface area contributed by atoms with Gasteiger partial charge in [0.2, 0.25) is 0 Å². The number of nitrogens with zero attached hydrogens (tertiary/aromatic N) is 1. The fraction of sp³-hybridized carbons (Fsp3) is 0.0833. The lowest BCUT2D eigenvalue weighted by Crippen LogP contribution is -2.36. The highest BCUT2D eigenvalue weighted by Crippen LogP contribution is 2.36. The Kier molecular flexibility index (Phi) is 4.87. The molecule has 0 aliphatic carbocycles. The number of benzene rings is 3. The third kappa shape index (κ3) is 3.89. The van der Waals surface area contributed by atoms with E-state index < -0.39 is 5.97 Å². The summed E-state index contributed by atoms with van der Waals surface area (Å²) in [5.41, 5.74) is 3.60. The number of ether oxygens (including phenoxy) is 1. The second-order valence-electron chi connectivity index (χ2n) is 6.87. The fourth-order valence-corrected chi connectivity index (χ4v) is 3.28. The molecule has 5 heteroatoms. The van der Waals surface area contributed by atoms with Crippen LogP contribution in [-0.4, -0.2) is 11.9 Å². The summed E-state index contributed by atoms with van der Waals surface area (Å²) in [6.45, 7) is 2.43. The standard InChI is InChI=1S/C24H19NO4/c1-16-5-4-6-18(13-16)15-25-20-7-2-3-8-21(20)29-22(23(25)26)14-17-9-11-19(12-10-17)24(27)28/h2-14H,15H2,1H3,(H,27,28)/p-1. The Morgan fingerprint density at radius 3 is 2.52 bits per heavy atom. The smallest absolute Gasteiger partial charge is 0.294 e. The van der Waals surface area contributed by atoms with Gasteiger partial charge in [-0.2, -0.15) is 0 Å². The summed E-state index contributed by atoms with van der Waals surface area (Å²) < 4.78 is 5.86. The molecule has 0 saturated heterocycles. The van der Waals surface area contributed by atoms with Crippen LogP contribution in [-0.2, 0) is 11.3 Å². The molecule has 0 radical (unpaired) electrons. The summed E-state index contributed by atoms with van der Waals surface area (Å²) in [5.74, 6) is -0.725. The van der Waals surface area contributed by atoms with Crippen LogP contribution in [0.1, 0.15) is 27.0 Å². The van der Waals surface area contributed by atoms with Gasteiger partial charge in [-0.05, 0) is 41.8 Å². The van der Waals surface area contributed by atoms with Crippen molar-refractivity contribution in [2.45, 2.75) is 13.5 Å². The molecule has 5 nitrogen and oxygen atoms in total.